The standard InChI is InChI=1S/C8H10O3S.C7H8.O3S/c1-2-11-12(9,10)8-6-4-3-5-7-8;1-7-5-3-2-4-6-7;1-4(2)3/h3-7H,2H2,1H3;2-6H,1H3;. The summed E-state index contributed by atoms with van der Waals surface area (Å²) in [6.45, 7) is 3.89. The Morgan fingerprint density at radius 1 is 0.870 bits per heavy atom. The molecule has 2 rings (SSSR count). The molecule has 126 valence electrons. The molecular weight excluding hydrogens is 340 g/mol. The molecule has 0 N–H and O–H groups in total. The fourth-order valence-electron chi connectivity index (χ4n) is 1.34. The van der Waals surface area contributed by atoms with E-state index in [2.05, 4.69) is 23.2 Å². The number of hydrogen-bond donors (Lipinski definition) is 0. The summed E-state index contributed by atoms with van der Waals surface area (Å²) in [6.07, 6.45) is 0. The monoisotopic (exact) mass is 358 g/mol. The molecule has 2 aromatic carbocycles. The van der Waals surface area contributed by atoms with Gasteiger partial charge in [0.25, 0.3) is 10.1 Å². The van der Waals surface area contributed by atoms with Crippen molar-refractivity contribution in [3.05, 3.63) is 66.2 Å². The Balaban J connectivity index is 0.000000371. The molecule has 0 atom stereocenters. The molecule has 0 saturated heterocycles. The third-order valence-electron chi connectivity index (χ3n) is 2.25. The fourth-order valence-corrected chi connectivity index (χ4v) is 2.28. The van der Waals surface area contributed by atoms with Crippen LogP contribution in [-0.2, 0) is 24.9 Å². The van der Waals surface area contributed by atoms with Gasteiger partial charge in [0.05, 0.1) is 11.5 Å². The predicted molar refractivity (Wildman–Crippen MR) is 86.1 cm³/mol. The SMILES string of the molecule is CCOS(=O)(=O)c1ccccc1.Cc1ccccc1.O=S(=O)=O. The molecule has 23 heavy (non-hydrogen) atoms. The molecule has 0 aliphatic carbocycles. The molecular formula is C15H18O6S2. The first-order valence-corrected chi connectivity index (χ1v) is 8.93. The molecule has 0 bridgehead atoms. The molecule has 2 aromatic rings. The van der Waals surface area contributed by atoms with Crippen LogP contribution in [0.4, 0.5) is 0 Å². The van der Waals surface area contributed by atoms with E-state index in [4.69, 9.17) is 12.6 Å². The Morgan fingerprint density at radius 3 is 1.57 bits per heavy atom. The van der Waals surface area contributed by atoms with Crippen molar-refractivity contribution < 1.29 is 25.2 Å². The highest BCUT2D eigenvalue weighted by Gasteiger charge is 2.12. The van der Waals surface area contributed by atoms with Gasteiger partial charge in [-0.1, -0.05) is 54.1 Å². The van der Waals surface area contributed by atoms with Crippen molar-refractivity contribution in [1.82, 2.24) is 0 Å². The topological polar surface area (TPSA) is 94.6 Å². The largest absolute Gasteiger partial charge is 0.425 e. The summed E-state index contributed by atoms with van der Waals surface area (Å²) in [6, 6.07) is 18.3. The zero-order valence-electron chi connectivity index (χ0n) is 12.7. The first-order chi connectivity index (χ1) is 10.8. The van der Waals surface area contributed by atoms with Crippen molar-refractivity contribution in [2.24, 2.45) is 0 Å². The van der Waals surface area contributed by atoms with E-state index in [0.717, 1.165) is 0 Å². The summed E-state index contributed by atoms with van der Waals surface area (Å²) in [5, 5.41) is 0. The van der Waals surface area contributed by atoms with Crippen LogP contribution in [0.3, 0.4) is 0 Å². The summed E-state index contributed by atoms with van der Waals surface area (Å²) in [5.41, 5.74) is 1.32. The second kappa shape index (κ2) is 11.5. The third-order valence-corrected chi connectivity index (χ3v) is 3.64. The van der Waals surface area contributed by atoms with Gasteiger partial charge in [0.15, 0.2) is 0 Å². The molecule has 8 heteroatoms. The van der Waals surface area contributed by atoms with E-state index in [0.29, 0.717) is 0 Å². The Labute approximate surface area is 137 Å². The van der Waals surface area contributed by atoms with Crippen LogP contribution in [0.1, 0.15) is 12.5 Å². The second-order valence-corrected chi connectivity index (χ2v) is 6.06. The lowest BCUT2D eigenvalue weighted by atomic mass is 10.2. The lowest BCUT2D eigenvalue weighted by molar-refractivity contribution is 0.338. The first-order valence-electron chi connectivity index (χ1n) is 6.52. The summed E-state index contributed by atoms with van der Waals surface area (Å²) in [4.78, 5) is 0.201. The summed E-state index contributed by atoms with van der Waals surface area (Å²) >= 11 is 0. The van der Waals surface area contributed by atoms with Gasteiger partial charge >= 0.3 is 10.6 Å². The maximum atomic E-state index is 11.2. The van der Waals surface area contributed by atoms with Gasteiger partial charge in [0, 0.05) is 0 Å². The van der Waals surface area contributed by atoms with Crippen molar-refractivity contribution >= 4 is 20.7 Å². The molecule has 0 spiro atoms. The van der Waals surface area contributed by atoms with E-state index in [1.54, 1.807) is 25.1 Å². The van der Waals surface area contributed by atoms with Crippen LogP contribution >= 0.6 is 0 Å². The number of benzene rings is 2. The minimum atomic E-state index is -3.51. The molecule has 6 nitrogen and oxygen atoms in total. The van der Waals surface area contributed by atoms with Crippen molar-refractivity contribution in [2.75, 3.05) is 6.61 Å². The highest BCUT2D eigenvalue weighted by molar-refractivity contribution is 7.86. The maximum Gasteiger partial charge on any atom is 0.425 e. The Kier molecular flexibility index (Phi) is 10.5. The smallest absolute Gasteiger partial charge is 0.267 e. The molecule has 0 aliphatic heterocycles. The van der Waals surface area contributed by atoms with Crippen LogP contribution in [0.5, 0.6) is 0 Å². The average molecular weight is 358 g/mol. The Hall–Kier alpha value is -2.03. The van der Waals surface area contributed by atoms with E-state index in [1.165, 1.54) is 17.7 Å². The van der Waals surface area contributed by atoms with Crippen molar-refractivity contribution in [3.8, 4) is 0 Å². The summed E-state index contributed by atoms with van der Waals surface area (Å²) in [5.74, 6) is 0. The van der Waals surface area contributed by atoms with Gasteiger partial charge in [-0.15, -0.1) is 12.6 Å². The van der Waals surface area contributed by atoms with Crippen LogP contribution in [-0.4, -0.2) is 27.7 Å². The van der Waals surface area contributed by atoms with Gasteiger partial charge in [-0.3, -0.25) is 4.18 Å². The molecule has 0 heterocycles. The van der Waals surface area contributed by atoms with Crippen molar-refractivity contribution in [3.63, 3.8) is 0 Å². The van der Waals surface area contributed by atoms with Crippen LogP contribution in [0, 0.1) is 6.92 Å². The minimum absolute atomic E-state index is 0.164. The van der Waals surface area contributed by atoms with Gasteiger partial charge < -0.3 is 0 Å². The maximum absolute atomic E-state index is 11.2. The third kappa shape index (κ3) is 11.2. The van der Waals surface area contributed by atoms with E-state index < -0.39 is 20.7 Å². The van der Waals surface area contributed by atoms with Crippen LogP contribution in [0.25, 0.3) is 0 Å². The molecule has 0 aromatic heterocycles. The molecule has 0 fully saturated rings. The van der Waals surface area contributed by atoms with E-state index in [9.17, 15) is 8.42 Å². The first kappa shape index (κ1) is 21.0. The highest BCUT2D eigenvalue weighted by Crippen LogP contribution is 2.10. The lowest BCUT2D eigenvalue weighted by Crippen LogP contribution is -2.05. The number of rotatable bonds is 3. The second-order valence-electron chi connectivity index (χ2n) is 4.03. The minimum Gasteiger partial charge on any atom is -0.267 e. The van der Waals surface area contributed by atoms with Gasteiger partial charge in [-0.2, -0.15) is 8.42 Å². The van der Waals surface area contributed by atoms with Gasteiger partial charge in [-0.05, 0) is 26.0 Å². The molecule has 0 saturated carbocycles. The quantitative estimate of drug-likeness (QED) is 0.782. The molecule has 0 unspecified atom stereocenters. The zero-order valence-corrected chi connectivity index (χ0v) is 14.4. The van der Waals surface area contributed by atoms with Gasteiger partial charge in [0.2, 0.25) is 0 Å². The van der Waals surface area contributed by atoms with Crippen LogP contribution < -0.4 is 0 Å². The van der Waals surface area contributed by atoms with E-state index >= 15 is 0 Å². The van der Waals surface area contributed by atoms with Crippen molar-refractivity contribution in [1.29, 1.82) is 0 Å². The normalized spacial score (nSPS) is 9.65. The van der Waals surface area contributed by atoms with Crippen molar-refractivity contribution in [2.45, 2.75) is 18.7 Å². The lowest BCUT2D eigenvalue weighted by Gasteiger charge is -2.01. The average Bonchev–Trinajstić information content (AvgIpc) is 2.49. The highest BCUT2D eigenvalue weighted by atomic mass is 32.2. The zero-order chi connectivity index (χ0) is 17.7. The Bertz CT molecular complexity index is 747. The van der Waals surface area contributed by atoms with E-state index in [-0.39, 0.29) is 11.5 Å². The van der Waals surface area contributed by atoms with E-state index in [1.807, 2.05) is 18.2 Å². The molecule has 0 amide bonds. The van der Waals surface area contributed by atoms with Gasteiger partial charge in [-0.25, -0.2) is 0 Å². The molecule has 0 radical (unpaired) electrons. The fraction of sp³-hybridized carbons (Fsp3) is 0.200. The summed E-state index contributed by atoms with van der Waals surface area (Å²) < 4.78 is 52.3. The van der Waals surface area contributed by atoms with Gasteiger partial charge in [0.1, 0.15) is 0 Å². The molecule has 0 aliphatic rings. The number of aryl methyl sites for hydroxylation is 1. The van der Waals surface area contributed by atoms with Crippen LogP contribution in [0.2, 0.25) is 0 Å². The Morgan fingerprint density at radius 2 is 1.26 bits per heavy atom. The number of hydrogen-bond acceptors (Lipinski definition) is 6. The van der Waals surface area contributed by atoms with Crippen LogP contribution in [0.15, 0.2) is 65.6 Å². The predicted octanol–water partition coefficient (Wildman–Crippen LogP) is 2.40. The summed E-state index contributed by atoms with van der Waals surface area (Å²) in [7, 11) is -6.62.